The lowest BCUT2D eigenvalue weighted by molar-refractivity contribution is -0.114. The molecule has 2 saturated carbocycles. The third-order valence-electron chi connectivity index (χ3n) is 9.08. The summed E-state index contributed by atoms with van der Waals surface area (Å²) in [5.41, 5.74) is 1.75. The highest BCUT2D eigenvalue weighted by Crippen LogP contribution is 2.36. The average Bonchev–Trinajstić information content (AvgIpc) is 3.93. The highest BCUT2D eigenvalue weighted by molar-refractivity contribution is 7.91. The van der Waals surface area contributed by atoms with E-state index in [1.807, 2.05) is 0 Å². The van der Waals surface area contributed by atoms with E-state index in [4.69, 9.17) is 0 Å². The van der Waals surface area contributed by atoms with Crippen LogP contribution >= 0.6 is 22.7 Å². The Balaban J connectivity index is 0.000000208. The number of nitrogens with zero attached hydrogens (tertiary/aromatic N) is 2. The molecular weight excluding hydrogens is 785 g/mol. The van der Waals surface area contributed by atoms with Crippen molar-refractivity contribution < 1.29 is 44.0 Å². The molecule has 0 spiro atoms. The van der Waals surface area contributed by atoms with Gasteiger partial charge >= 0.3 is 0 Å². The zero-order valence-corrected chi connectivity index (χ0v) is 32.5. The van der Waals surface area contributed by atoms with E-state index in [2.05, 4.69) is 9.97 Å². The molecule has 0 radical (unpaired) electrons. The Morgan fingerprint density at radius 1 is 0.611 bits per heavy atom. The first-order valence-corrected chi connectivity index (χ1v) is 22.5. The molecule has 0 saturated heterocycles. The van der Waals surface area contributed by atoms with Crippen molar-refractivity contribution in [3.05, 3.63) is 105 Å². The Kier molecular flexibility index (Phi) is 13.6. The van der Waals surface area contributed by atoms with E-state index in [9.17, 15) is 44.0 Å². The summed E-state index contributed by atoms with van der Waals surface area (Å²) >= 11 is 2.71. The van der Waals surface area contributed by atoms with Crippen LogP contribution in [0.4, 0.5) is 17.6 Å². The van der Waals surface area contributed by atoms with Crippen molar-refractivity contribution in [1.29, 1.82) is 0 Å². The quantitative estimate of drug-likeness (QED) is 0.105. The lowest BCUT2D eigenvalue weighted by Gasteiger charge is -2.11. The monoisotopic (exact) mass is 822 g/mol. The third-order valence-corrected chi connectivity index (χ3v) is 12.9. The minimum Gasteiger partial charge on any atom is -0.294 e. The number of carbonyl (C=O) groups is 2. The molecule has 2 aromatic carbocycles. The van der Waals surface area contributed by atoms with Crippen molar-refractivity contribution in [3.8, 4) is 0 Å². The van der Waals surface area contributed by atoms with Gasteiger partial charge in [0.15, 0.2) is 31.2 Å². The molecule has 54 heavy (non-hydrogen) atoms. The SMILES string of the molecule is CS(=O)(=O)c1ccc(/C(=C\C2C[C@@H](F)[C@H](F)C2)C(=O)Cc2nccs2)cc1.CS(=O)(=O)c1ccc(/C(=C\C2C[C@H](F)[C@@H](F)C2)C(=O)Cc2nccs2)cc1. The van der Waals surface area contributed by atoms with E-state index >= 15 is 0 Å². The minimum absolute atomic E-state index is 0.0383. The fourth-order valence-corrected chi connectivity index (χ4v) is 8.78. The second-order valence-electron chi connectivity index (χ2n) is 13.3. The molecule has 288 valence electrons. The van der Waals surface area contributed by atoms with Crippen LogP contribution in [0.5, 0.6) is 0 Å². The second-order valence-corrected chi connectivity index (χ2v) is 19.3. The Labute approximate surface area is 319 Å². The van der Waals surface area contributed by atoms with Crippen LogP contribution in [0.3, 0.4) is 0 Å². The number of hydrogen-bond acceptors (Lipinski definition) is 10. The van der Waals surface area contributed by atoms with Gasteiger partial charge in [-0.15, -0.1) is 22.7 Å². The summed E-state index contributed by atoms with van der Waals surface area (Å²) in [5, 5.41) is 4.84. The van der Waals surface area contributed by atoms with Gasteiger partial charge in [-0.3, -0.25) is 9.59 Å². The van der Waals surface area contributed by atoms with Crippen LogP contribution in [0.2, 0.25) is 0 Å². The van der Waals surface area contributed by atoms with Crippen LogP contribution in [0.25, 0.3) is 11.1 Å². The van der Waals surface area contributed by atoms with E-state index in [-0.39, 0.29) is 71.7 Å². The number of alkyl halides is 4. The standard InChI is InChI=1S/2C19H19F2NO3S2/c2*1-27(24,25)14-4-2-13(3-5-14)15(8-12-9-16(20)17(21)10-12)18(23)11-19-22-6-7-26-19/h2*2-8,12,16-17H,9-11H2,1H3/b2*15-8+/t2*16-,17-/m10/s1. The first-order chi connectivity index (χ1) is 25.5. The lowest BCUT2D eigenvalue weighted by Crippen LogP contribution is -2.08. The molecule has 0 unspecified atom stereocenters. The molecule has 6 rings (SSSR count). The summed E-state index contributed by atoms with van der Waals surface area (Å²) in [5.74, 6) is -1.18. The van der Waals surface area contributed by atoms with Crippen molar-refractivity contribution in [2.24, 2.45) is 11.8 Å². The van der Waals surface area contributed by atoms with Crippen molar-refractivity contribution in [1.82, 2.24) is 9.97 Å². The topological polar surface area (TPSA) is 128 Å². The molecule has 2 heterocycles. The van der Waals surface area contributed by atoms with Gasteiger partial charge < -0.3 is 0 Å². The van der Waals surface area contributed by atoms with Gasteiger partial charge in [0, 0.05) is 46.8 Å². The number of aromatic nitrogens is 2. The molecule has 2 aliphatic carbocycles. The number of Topliss-reactive ketones (excluding diaryl/α,β-unsaturated/α-hetero) is 2. The third kappa shape index (κ3) is 11.1. The molecule has 2 fully saturated rings. The maximum Gasteiger partial charge on any atom is 0.175 e. The first-order valence-electron chi connectivity index (χ1n) is 16.9. The number of carbonyl (C=O) groups excluding carboxylic acids is 2. The largest absolute Gasteiger partial charge is 0.294 e. The van der Waals surface area contributed by atoms with E-state index in [0.717, 1.165) is 12.5 Å². The summed E-state index contributed by atoms with van der Waals surface area (Å²) in [7, 11) is -6.71. The first kappa shape index (κ1) is 41.3. The van der Waals surface area contributed by atoms with Gasteiger partial charge in [0.1, 0.15) is 34.7 Å². The van der Waals surface area contributed by atoms with E-state index in [0.29, 0.717) is 32.3 Å². The number of ketones is 2. The number of thiazole rings is 2. The van der Waals surface area contributed by atoms with Crippen LogP contribution in [0.15, 0.2) is 93.6 Å². The van der Waals surface area contributed by atoms with Crippen molar-refractivity contribution in [2.75, 3.05) is 12.5 Å². The van der Waals surface area contributed by atoms with Crippen LogP contribution in [-0.4, -0.2) is 75.6 Å². The molecule has 0 bridgehead atoms. The summed E-state index contributed by atoms with van der Waals surface area (Å²) < 4.78 is 101. The average molecular weight is 823 g/mol. The minimum atomic E-state index is -3.36. The maximum atomic E-state index is 13.5. The predicted octanol–water partition coefficient (Wildman–Crippen LogP) is 7.66. The van der Waals surface area contributed by atoms with Crippen molar-refractivity contribution in [2.45, 2.75) is 73.0 Å². The van der Waals surface area contributed by atoms with Crippen LogP contribution in [0.1, 0.15) is 46.8 Å². The van der Waals surface area contributed by atoms with Crippen LogP contribution < -0.4 is 0 Å². The Hall–Kier alpha value is -3.86. The van der Waals surface area contributed by atoms with Gasteiger partial charge in [-0.1, -0.05) is 36.4 Å². The van der Waals surface area contributed by atoms with E-state index < -0.39 is 44.4 Å². The van der Waals surface area contributed by atoms with Gasteiger partial charge in [0.25, 0.3) is 0 Å². The van der Waals surface area contributed by atoms with E-state index in [1.54, 1.807) is 59.6 Å². The van der Waals surface area contributed by atoms with Crippen molar-refractivity contribution >= 4 is 65.1 Å². The van der Waals surface area contributed by atoms with Gasteiger partial charge in [0.05, 0.1) is 22.6 Å². The lowest BCUT2D eigenvalue weighted by atomic mass is 9.94. The Morgan fingerprint density at radius 3 is 1.19 bits per heavy atom. The molecular formula is C38H38F4N2O6S4. The number of sulfone groups is 2. The summed E-state index contributed by atoms with van der Waals surface area (Å²) in [6.45, 7) is 0. The maximum absolute atomic E-state index is 13.5. The zero-order chi connectivity index (χ0) is 39.2. The van der Waals surface area contributed by atoms with Gasteiger partial charge in [0.2, 0.25) is 0 Å². The molecule has 0 amide bonds. The van der Waals surface area contributed by atoms with Crippen LogP contribution in [0, 0.1) is 11.8 Å². The van der Waals surface area contributed by atoms with Gasteiger partial charge in [-0.2, -0.15) is 0 Å². The normalized spacial score (nSPS) is 21.5. The summed E-state index contributed by atoms with van der Waals surface area (Å²) in [6, 6.07) is 11.9. The molecule has 0 aliphatic heterocycles. The molecule has 2 aromatic heterocycles. The second kappa shape index (κ2) is 17.7. The Bertz CT molecular complexity index is 2010. The smallest absolute Gasteiger partial charge is 0.175 e. The van der Waals surface area contributed by atoms with Gasteiger partial charge in [-0.25, -0.2) is 44.4 Å². The molecule has 2 aliphatic rings. The number of rotatable bonds is 12. The highest BCUT2D eigenvalue weighted by Gasteiger charge is 2.35. The van der Waals surface area contributed by atoms with Crippen molar-refractivity contribution in [3.63, 3.8) is 0 Å². The fraction of sp³-hybridized carbons (Fsp3) is 0.368. The Morgan fingerprint density at radius 2 is 0.926 bits per heavy atom. The number of halogens is 4. The highest BCUT2D eigenvalue weighted by atomic mass is 32.2. The number of benzene rings is 2. The van der Waals surface area contributed by atoms with Crippen LogP contribution in [-0.2, 0) is 42.1 Å². The molecule has 4 aromatic rings. The van der Waals surface area contributed by atoms with E-state index in [1.165, 1.54) is 46.9 Å². The fourth-order valence-electron chi connectivity index (χ4n) is 6.29. The molecule has 0 N–H and O–H groups in total. The number of hydrogen-bond donors (Lipinski definition) is 0. The predicted molar refractivity (Wildman–Crippen MR) is 202 cm³/mol. The molecule has 16 heteroatoms. The molecule has 4 atom stereocenters. The summed E-state index contributed by atoms with van der Waals surface area (Å²) in [6.07, 6.45) is 2.92. The summed E-state index contributed by atoms with van der Waals surface area (Å²) in [4.78, 5) is 34.2. The van der Waals surface area contributed by atoms with Gasteiger partial charge in [-0.05, 0) is 72.9 Å². The molecule has 8 nitrogen and oxygen atoms in total. The number of allylic oxidation sites excluding steroid dienone is 4. The zero-order valence-electron chi connectivity index (χ0n) is 29.3.